The molecule has 3 unspecified atom stereocenters. The SMILES string of the molecule is CC(C)CC(NC(=O)c1ccc(NC(=O)C2CC2C)cc1)C(=O)O. The minimum Gasteiger partial charge on any atom is -0.480 e. The van der Waals surface area contributed by atoms with Crippen LogP contribution in [-0.2, 0) is 9.59 Å². The van der Waals surface area contributed by atoms with E-state index in [1.54, 1.807) is 24.3 Å². The molecule has 1 aliphatic rings. The number of aliphatic carboxylic acids is 1. The van der Waals surface area contributed by atoms with Crippen molar-refractivity contribution in [1.82, 2.24) is 5.32 Å². The molecule has 6 nitrogen and oxygen atoms in total. The minimum atomic E-state index is -1.04. The van der Waals surface area contributed by atoms with Crippen molar-refractivity contribution in [3.05, 3.63) is 29.8 Å². The van der Waals surface area contributed by atoms with E-state index in [1.807, 2.05) is 20.8 Å². The van der Waals surface area contributed by atoms with Crippen molar-refractivity contribution in [2.24, 2.45) is 17.8 Å². The van der Waals surface area contributed by atoms with Gasteiger partial charge < -0.3 is 15.7 Å². The number of benzene rings is 1. The molecule has 24 heavy (non-hydrogen) atoms. The first-order chi connectivity index (χ1) is 11.3. The Kier molecular flexibility index (Phi) is 5.59. The predicted molar refractivity (Wildman–Crippen MR) is 90.7 cm³/mol. The van der Waals surface area contributed by atoms with Gasteiger partial charge in [-0.15, -0.1) is 0 Å². The summed E-state index contributed by atoms with van der Waals surface area (Å²) in [6, 6.07) is 5.55. The number of carbonyl (C=O) groups excluding carboxylic acids is 2. The molecule has 3 N–H and O–H groups in total. The number of hydrogen-bond acceptors (Lipinski definition) is 3. The van der Waals surface area contributed by atoms with Crippen molar-refractivity contribution in [3.8, 4) is 0 Å². The Bertz CT molecular complexity index is 624. The van der Waals surface area contributed by atoms with Gasteiger partial charge in [0.25, 0.3) is 5.91 Å². The summed E-state index contributed by atoms with van der Waals surface area (Å²) in [4.78, 5) is 35.3. The molecule has 1 aliphatic carbocycles. The molecule has 1 aromatic rings. The van der Waals surface area contributed by atoms with Crippen LogP contribution in [0.3, 0.4) is 0 Å². The Morgan fingerprint density at radius 1 is 1.21 bits per heavy atom. The summed E-state index contributed by atoms with van der Waals surface area (Å²) in [5, 5.41) is 14.5. The average Bonchev–Trinajstić information content (AvgIpc) is 3.23. The fourth-order valence-corrected chi connectivity index (χ4v) is 2.56. The fourth-order valence-electron chi connectivity index (χ4n) is 2.56. The minimum absolute atomic E-state index is 0.00239. The van der Waals surface area contributed by atoms with Crippen LogP contribution in [0.2, 0.25) is 0 Å². The van der Waals surface area contributed by atoms with Gasteiger partial charge in [-0.3, -0.25) is 9.59 Å². The molecular weight excluding hydrogens is 308 g/mol. The van der Waals surface area contributed by atoms with Gasteiger partial charge in [0.1, 0.15) is 6.04 Å². The third-order valence-corrected chi connectivity index (χ3v) is 4.17. The van der Waals surface area contributed by atoms with Gasteiger partial charge >= 0.3 is 5.97 Å². The number of rotatable bonds is 7. The van der Waals surface area contributed by atoms with Crippen LogP contribution < -0.4 is 10.6 Å². The van der Waals surface area contributed by atoms with E-state index in [0.29, 0.717) is 23.6 Å². The lowest BCUT2D eigenvalue weighted by Gasteiger charge is -2.16. The zero-order chi connectivity index (χ0) is 17.9. The van der Waals surface area contributed by atoms with Gasteiger partial charge in [-0.05, 0) is 48.9 Å². The highest BCUT2D eigenvalue weighted by Gasteiger charge is 2.39. The number of carboxylic acids is 1. The Labute approximate surface area is 141 Å². The largest absolute Gasteiger partial charge is 0.480 e. The number of hydrogen-bond donors (Lipinski definition) is 3. The molecule has 130 valence electrons. The van der Waals surface area contributed by atoms with Crippen molar-refractivity contribution in [2.45, 2.75) is 39.7 Å². The first-order valence-electron chi connectivity index (χ1n) is 8.22. The summed E-state index contributed by atoms with van der Waals surface area (Å²) < 4.78 is 0. The van der Waals surface area contributed by atoms with Crippen LogP contribution in [-0.4, -0.2) is 28.9 Å². The quantitative estimate of drug-likeness (QED) is 0.715. The van der Waals surface area contributed by atoms with Gasteiger partial charge in [0.15, 0.2) is 0 Å². The third kappa shape index (κ3) is 4.81. The van der Waals surface area contributed by atoms with Crippen LogP contribution in [0.1, 0.15) is 44.0 Å². The molecule has 0 heterocycles. The lowest BCUT2D eigenvalue weighted by Crippen LogP contribution is -2.41. The van der Waals surface area contributed by atoms with Crippen LogP contribution in [0, 0.1) is 17.8 Å². The first-order valence-corrected chi connectivity index (χ1v) is 8.22. The average molecular weight is 332 g/mol. The second kappa shape index (κ2) is 7.47. The number of carbonyl (C=O) groups is 3. The van der Waals surface area contributed by atoms with Gasteiger partial charge in [-0.1, -0.05) is 20.8 Å². The number of amides is 2. The normalized spacial score (nSPS) is 20.3. The number of nitrogens with one attached hydrogen (secondary N) is 2. The molecule has 0 aliphatic heterocycles. The standard InChI is InChI=1S/C18H24N2O4/c1-10(2)8-15(18(23)24)20-16(21)12-4-6-13(7-5-12)19-17(22)14-9-11(14)3/h4-7,10-11,14-15H,8-9H2,1-3H3,(H,19,22)(H,20,21)(H,23,24). The fraction of sp³-hybridized carbons (Fsp3) is 0.500. The zero-order valence-corrected chi connectivity index (χ0v) is 14.2. The summed E-state index contributed by atoms with van der Waals surface area (Å²) in [5.74, 6) is -0.795. The van der Waals surface area contributed by atoms with Crippen molar-refractivity contribution in [1.29, 1.82) is 0 Å². The van der Waals surface area contributed by atoms with E-state index in [1.165, 1.54) is 0 Å². The first kappa shape index (κ1) is 18.0. The Morgan fingerprint density at radius 2 is 1.79 bits per heavy atom. The predicted octanol–water partition coefficient (Wildman–Crippen LogP) is 2.51. The van der Waals surface area contributed by atoms with Gasteiger partial charge in [-0.2, -0.15) is 0 Å². The lowest BCUT2D eigenvalue weighted by atomic mass is 10.0. The highest BCUT2D eigenvalue weighted by atomic mass is 16.4. The highest BCUT2D eigenvalue weighted by Crippen LogP contribution is 2.38. The summed E-state index contributed by atoms with van der Waals surface area (Å²) in [5.41, 5.74) is 0.996. The Balaban J connectivity index is 1.95. The van der Waals surface area contributed by atoms with E-state index in [2.05, 4.69) is 10.6 Å². The monoisotopic (exact) mass is 332 g/mol. The van der Waals surface area contributed by atoms with E-state index >= 15 is 0 Å². The van der Waals surface area contributed by atoms with Crippen LogP contribution in [0.25, 0.3) is 0 Å². The number of anilines is 1. The van der Waals surface area contributed by atoms with Crippen LogP contribution >= 0.6 is 0 Å². The topological polar surface area (TPSA) is 95.5 Å². The Hall–Kier alpha value is -2.37. The molecule has 6 heteroatoms. The molecule has 2 rings (SSSR count). The number of carboxylic acid groups (broad SMARTS) is 1. The van der Waals surface area contributed by atoms with Crippen LogP contribution in [0.4, 0.5) is 5.69 Å². The van der Waals surface area contributed by atoms with Crippen molar-refractivity contribution >= 4 is 23.5 Å². The van der Waals surface area contributed by atoms with Gasteiger partial charge in [0.2, 0.25) is 5.91 Å². The molecule has 0 saturated heterocycles. The maximum Gasteiger partial charge on any atom is 0.326 e. The summed E-state index contributed by atoms with van der Waals surface area (Å²) in [7, 11) is 0. The second-order valence-corrected chi connectivity index (χ2v) is 6.88. The van der Waals surface area contributed by atoms with Crippen LogP contribution in [0.15, 0.2) is 24.3 Å². The molecule has 0 bridgehead atoms. The maximum absolute atomic E-state index is 12.2. The molecule has 3 atom stereocenters. The molecule has 0 spiro atoms. The highest BCUT2D eigenvalue weighted by molar-refractivity contribution is 5.98. The van der Waals surface area contributed by atoms with E-state index in [9.17, 15) is 19.5 Å². The van der Waals surface area contributed by atoms with Crippen molar-refractivity contribution in [3.63, 3.8) is 0 Å². The summed E-state index contributed by atoms with van der Waals surface area (Å²) >= 11 is 0. The van der Waals surface area contributed by atoms with Crippen molar-refractivity contribution < 1.29 is 19.5 Å². The maximum atomic E-state index is 12.2. The smallest absolute Gasteiger partial charge is 0.326 e. The second-order valence-electron chi connectivity index (χ2n) is 6.88. The molecule has 2 amide bonds. The molecule has 1 saturated carbocycles. The molecule has 1 fully saturated rings. The van der Waals surface area contributed by atoms with Gasteiger partial charge in [-0.25, -0.2) is 4.79 Å². The zero-order valence-electron chi connectivity index (χ0n) is 14.2. The van der Waals surface area contributed by atoms with Crippen LogP contribution in [0.5, 0.6) is 0 Å². The molecule has 0 aromatic heterocycles. The molecular formula is C18H24N2O4. The molecule has 1 aromatic carbocycles. The van der Waals surface area contributed by atoms with E-state index in [4.69, 9.17) is 0 Å². The van der Waals surface area contributed by atoms with E-state index < -0.39 is 17.9 Å². The van der Waals surface area contributed by atoms with Gasteiger partial charge in [0, 0.05) is 17.2 Å². The summed E-state index contributed by atoms with van der Waals surface area (Å²) in [6.45, 7) is 5.84. The Morgan fingerprint density at radius 3 is 2.25 bits per heavy atom. The van der Waals surface area contributed by atoms with E-state index in [0.717, 1.165) is 6.42 Å². The third-order valence-electron chi connectivity index (χ3n) is 4.17. The van der Waals surface area contributed by atoms with Gasteiger partial charge in [0.05, 0.1) is 0 Å². The molecule has 0 radical (unpaired) electrons. The van der Waals surface area contributed by atoms with Crippen molar-refractivity contribution in [2.75, 3.05) is 5.32 Å². The lowest BCUT2D eigenvalue weighted by molar-refractivity contribution is -0.139. The van der Waals surface area contributed by atoms with E-state index in [-0.39, 0.29) is 17.7 Å². The summed E-state index contributed by atoms with van der Waals surface area (Å²) in [6.07, 6.45) is 1.29.